The maximum Gasteiger partial charge on any atom is 0.308 e. The Labute approximate surface area is 111 Å². The molecule has 108 valence electrons. The molecule has 7 nitrogen and oxygen atoms in total. The van der Waals surface area contributed by atoms with E-state index in [4.69, 9.17) is 9.84 Å². The van der Waals surface area contributed by atoms with Crippen LogP contribution in [0.15, 0.2) is 0 Å². The summed E-state index contributed by atoms with van der Waals surface area (Å²) in [6.45, 7) is 2.45. The van der Waals surface area contributed by atoms with Gasteiger partial charge in [-0.25, -0.2) is 0 Å². The van der Waals surface area contributed by atoms with E-state index in [2.05, 4.69) is 5.32 Å². The average molecular weight is 272 g/mol. The Balaban J connectivity index is 2.57. The number of nitrogens with zero attached hydrogens (tertiary/aromatic N) is 1. The van der Waals surface area contributed by atoms with Gasteiger partial charge in [-0.2, -0.15) is 0 Å². The number of methoxy groups -OCH3 is 1. The molecule has 19 heavy (non-hydrogen) atoms. The summed E-state index contributed by atoms with van der Waals surface area (Å²) in [6, 6.07) is -0.661. The van der Waals surface area contributed by atoms with Crippen LogP contribution >= 0.6 is 0 Å². The van der Waals surface area contributed by atoms with Gasteiger partial charge in [-0.1, -0.05) is 0 Å². The molecule has 2 unspecified atom stereocenters. The zero-order valence-corrected chi connectivity index (χ0v) is 11.2. The van der Waals surface area contributed by atoms with E-state index in [1.807, 2.05) is 0 Å². The fourth-order valence-electron chi connectivity index (χ4n) is 2.01. The van der Waals surface area contributed by atoms with Crippen LogP contribution in [0.5, 0.6) is 0 Å². The summed E-state index contributed by atoms with van der Waals surface area (Å²) < 4.78 is 4.81. The lowest BCUT2D eigenvalue weighted by atomic mass is 9.96. The number of likely N-dealkylation sites (tertiary alicyclic amines) is 1. The first-order valence-electron chi connectivity index (χ1n) is 6.26. The van der Waals surface area contributed by atoms with Crippen molar-refractivity contribution in [3.05, 3.63) is 0 Å². The number of carbonyl (C=O) groups excluding carboxylic acids is 2. The topological polar surface area (TPSA) is 95.9 Å². The molecule has 0 aliphatic carbocycles. The monoisotopic (exact) mass is 272 g/mol. The van der Waals surface area contributed by atoms with Crippen molar-refractivity contribution in [3.8, 4) is 0 Å². The number of nitrogens with one attached hydrogen (secondary N) is 1. The van der Waals surface area contributed by atoms with E-state index in [9.17, 15) is 14.4 Å². The zero-order valence-electron chi connectivity index (χ0n) is 11.2. The SMILES string of the molecule is COCCNC(=O)C(C)N1CC(C(=O)O)CCC1=O. The highest BCUT2D eigenvalue weighted by molar-refractivity contribution is 5.88. The molecule has 0 radical (unpaired) electrons. The van der Waals surface area contributed by atoms with Gasteiger partial charge in [-0.15, -0.1) is 0 Å². The molecule has 2 atom stereocenters. The minimum Gasteiger partial charge on any atom is -0.481 e. The Hall–Kier alpha value is -1.63. The zero-order chi connectivity index (χ0) is 14.4. The Kier molecular flexibility index (Phi) is 5.75. The third-order valence-corrected chi connectivity index (χ3v) is 3.25. The van der Waals surface area contributed by atoms with Crippen molar-refractivity contribution in [2.24, 2.45) is 5.92 Å². The minimum absolute atomic E-state index is 0.0903. The molecule has 1 rings (SSSR count). The van der Waals surface area contributed by atoms with Crippen LogP contribution in [0.3, 0.4) is 0 Å². The van der Waals surface area contributed by atoms with E-state index in [0.717, 1.165) is 0 Å². The number of carboxylic acid groups (broad SMARTS) is 1. The van der Waals surface area contributed by atoms with Gasteiger partial charge < -0.3 is 20.1 Å². The molecule has 1 fully saturated rings. The van der Waals surface area contributed by atoms with Crippen LogP contribution in [0, 0.1) is 5.92 Å². The maximum absolute atomic E-state index is 11.8. The normalized spacial score (nSPS) is 21.1. The lowest BCUT2D eigenvalue weighted by Crippen LogP contribution is -2.53. The van der Waals surface area contributed by atoms with E-state index < -0.39 is 17.9 Å². The molecule has 1 saturated heterocycles. The van der Waals surface area contributed by atoms with Gasteiger partial charge in [0.25, 0.3) is 0 Å². The van der Waals surface area contributed by atoms with Gasteiger partial charge in [-0.05, 0) is 13.3 Å². The summed E-state index contributed by atoms with van der Waals surface area (Å²) in [4.78, 5) is 35.9. The van der Waals surface area contributed by atoms with Crippen LogP contribution < -0.4 is 5.32 Å². The second kappa shape index (κ2) is 7.08. The van der Waals surface area contributed by atoms with Crippen molar-refractivity contribution in [2.75, 3.05) is 26.8 Å². The van der Waals surface area contributed by atoms with E-state index in [0.29, 0.717) is 19.6 Å². The Morgan fingerprint density at radius 2 is 2.26 bits per heavy atom. The van der Waals surface area contributed by atoms with Crippen LogP contribution in [0.4, 0.5) is 0 Å². The number of carboxylic acids is 1. The number of hydrogen-bond acceptors (Lipinski definition) is 4. The van der Waals surface area contributed by atoms with E-state index in [-0.39, 0.29) is 24.8 Å². The van der Waals surface area contributed by atoms with Crippen LogP contribution in [-0.4, -0.2) is 60.6 Å². The highest BCUT2D eigenvalue weighted by Gasteiger charge is 2.34. The fraction of sp³-hybridized carbons (Fsp3) is 0.750. The Morgan fingerprint density at radius 3 is 2.84 bits per heavy atom. The van der Waals surface area contributed by atoms with Crippen molar-refractivity contribution >= 4 is 17.8 Å². The van der Waals surface area contributed by atoms with E-state index >= 15 is 0 Å². The smallest absolute Gasteiger partial charge is 0.308 e. The van der Waals surface area contributed by atoms with Crippen LogP contribution in [0.2, 0.25) is 0 Å². The van der Waals surface area contributed by atoms with Crippen molar-refractivity contribution in [2.45, 2.75) is 25.8 Å². The largest absolute Gasteiger partial charge is 0.481 e. The lowest BCUT2D eigenvalue weighted by Gasteiger charge is -2.34. The first-order valence-corrected chi connectivity index (χ1v) is 6.26. The van der Waals surface area contributed by atoms with Gasteiger partial charge in [-0.3, -0.25) is 14.4 Å². The van der Waals surface area contributed by atoms with Gasteiger partial charge >= 0.3 is 5.97 Å². The van der Waals surface area contributed by atoms with Gasteiger partial charge in [0.2, 0.25) is 11.8 Å². The van der Waals surface area contributed by atoms with Gasteiger partial charge in [0.1, 0.15) is 6.04 Å². The quantitative estimate of drug-likeness (QED) is 0.633. The molecule has 1 heterocycles. The van der Waals surface area contributed by atoms with Crippen molar-refractivity contribution in [3.63, 3.8) is 0 Å². The van der Waals surface area contributed by atoms with E-state index in [1.165, 1.54) is 12.0 Å². The standard InChI is InChI=1S/C12H20N2O5/c1-8(11(16)13-5-6-19-2)14-7-9(12(17)18)3-4-10(14)15/h8-9H,3-7H2,1-2H3,(H,13,16)(H,17,18). The predicted molar refractivity (Wildman–Crippen MR) is 66.4 cm³/mol. The van der Waals surface area contributed by atoms with Gasteiger partial charge in [0.05, 0.1) is 12.5 Å². The number of amides is 2. The summed E-state index contributed by atoms with van der Waals surface area (Å²) in [7, 11) is 1.53. The molecule has 2 N–H and O–H groups in total. The predicted octanol–water partition coefficient (Wildman–Crippen LogP) is -0.539. The summed E-state index contributed by atoms with van der Waals surface area (Å²) in [5, 5.41) is 11.6. The van der Waals surface area contributed by atoms with Crippen molar-refractivity contribution in [1.82, 2.24) is 10.2 Å². The summed E-state index contributed by atoms with van der Waals surface area (Å²) in [5.74, 6) is -1.99. The number of carbonyl (C=O) groups is 3. The van der Waals surface area contributed by atoms with E-state index in [1.54, 1.807) is 6.92 Å². The summed E-state index contributed by atoms with van der Waals surface area (Å²) in [5.41, 5.74) is 0. The van der Waals surface area contributed by atoms with Crippen LogP contribution in [0.25, 0.3) is 0 Å². The van der Waals surface area contributed by atoms with Crippen molar-refractivity contribution < 1.29 is 24.2 Å². The van der Waals surface area contributed by atoms with Crippen molar-refractivity contribution in [1.29, 1.82) is 0 Å². The molecule has 1 aliphatic rings. The molecule has 0 saturated carbocycles. The average Bonchev–Trinajstić information content (AvgIpc) is 2.38. The first-order chi connectivity index (χ1) is 8.97. The van der Waals surface area contributed by atoms with Crippen LogP contribution in [-0.2, 0) is 19.1 Å². The third-order valence-electron chi connectivity index (χ3n) is 3.25. The molecule has 0 aromatic carbocycles. The first kappa shape index (κ1) is 15.4. The molecule has 0 bridgehead atoms. The van der Waals surface area contributed by atoms with Gasteiger partial charge in [0, 0.05) is 26.6 Å². The number of hydrogen-bond donors (Lipinski definition) is 2. The van der Waals surface area contributed by atoms with Crippen LogP contribution in [0.1, 0.15) is 19.8 Å². The molecule has 1 aliphatic heterocycles. The highest BCUT2D eigenvalue weighted by atomic mass is 16.5. The number of piperidine rings is 1. The minimum atomic E-state index is -0.926. The number of aliphatic carboxylic acids is 1. The molecule has 0 spiro atoms. The fourth-order valence-corrected chi connectivity index (χ4v) is 2.01. The second-order valence-corrected chi connectivity index (χ2v) is 4.58. The molecule has 7 heteroatoms. The number of rotatable bonds is 6. The third kappa shape index (κ3) is 4.20. The second-order valence-electron chi connectivity index (χ2n) is 4.58. The number of ether oxygens (including phenoxy) is 1. The maximum atomic E-state index is 11.8. The summed E-state index contributed by atoms with van der Waals surface area (Å²) >= 11 is 0. The Morgan fingerprint density at radius 1 is 1.58 bits per heavy atom. The Bertz CT molecular complexity index is 358. The highest BCUT2D eigenvalue weighted by Crippen LogP contribution is 2.19. The molecular formula is C12H20N2O5. The molecular weight excluding hydrogens is 252 g/mol. The molecule has 0 aromatic rings. The molecule has 2 amide bonds. The van der Waals surface area contributed by atoms with Gasteiger partial charge in [0.15, 0.2) is 0 Å². The molecule has 0 aromatic heterocycles. The summed E-state index contributed by atoms with van der Waals surface area (Å²) in [6.07, 6.45) is 0.509. The lowest BCUT2D eigenvalue weighted by molar-refractivity contribution is -0.151.